The Bertz CT molecular complexity index is 460. The van der Waals surface area contributed by atoms with Crippen LogP contribution in [0, 0.1) is 11.8 Å². The first-order chi connectivity index (χ1) is 11.4. The molecule has 1 rings (SSSR count). The van der Waals surface area contributed by atoms with E-state index >= 15 is 0 Å². The highest BCUT2D eigenvalue weighted by molar-refractivity contribution is 5.74. The smallest absolute Gasteiger partial charge is 0.317 e. The molecule has 2 N–H and O–H groups in total. The summed E-state index contributed by atoms with van der Waals surface area (Å²) in [5.74, 6) is 0.954. The summed E-state index contributed by atoms with van der Waals surface area (Å²) >= 11 is 0. The van der Waals surface area contributed by atoms with Crippen molar-refractivity contribution in [2.45, 2.75) is 53.1 Å². The van der Waals surface area contributed by atoms with Crippen molar-refractivity contribution in [2.24, 2.45) is 11.8 Å². The molecule has 136 valence electrons. The zero-order valence-electron chi connectivity index (χ0n) is 15.7. The van der Waals surface area contributed by atoms with Crippen LogP contribution in [0.25, 0.3) is 0 Å². The summed E-state index contributed by atoms with van der Waals surface area (Å²) < 4.78 is 0. The normalized spacial score (nSPS) is 12.5. The number of carbonyl (C=O) groups excluding carboxylic acids is 1. The van der Waals surface area contributed by atoms with Crippen molar-refractivity contribution in [1.82, 2.24) is 10.2 Å². The maximum Gasteiger partial charge on any atom is 0.317 e. The molecule has 0 heterocycles. The number of aryl methyl sites for hydroxylation is 1. The molecule has 0 saturated heterocycles. The van der Waals surface area contributed by atoms with Crippen LogP contribution in [0.4, 0.5) is 4.79 Å². The predicted octanol–water partition coefficient (Wildman–Crippen LogP) is 3.69. The number of urea groups is 1. The Hall–Kier alpha value is -1.55. The molecule has 0 radical (unpaired) electrons. The SMILES string of the molecule is CC(C)CCN(C[C@H](O)CCc1ccccc1)C(=O)NCC(C)C. The van der Waals surface area contributed by atoms with Gasteiger partial charge in [-0.3, -0.25) is 0 Å². The lowest BCUT2D eigenvalue weighted by molar-refractivity contribution is 0.111. The number of aliphatic hydroxyl groups is 1. The Morgan fingerprint density at radius 2 is 1.75 bits per heavy atom. The molecule has 0 aliphatic rings. The summed E-state index contributed by atoms with van der Waals surface area (Å²) in [7, 11) is 0. The van der Waals surface area contributed by atoms with Gasteiger partial charge in [0.05, 0.1) is 6.10 Å². The predicted molar refractivity (Wildman–Crippen MR) is 100 cm³/mol. The molecule has 0 aromatic heterocycles. The first-order valence-corrected chi connectivity index (χ1v) is 9.13. The van der Waals surface area contributed by atoms with E-state index < -0.39 is 6.10 Å². The summed E-state index contributed by atoms with van der Waals surface area (Å²) in [4.78, 5) is 14.1. The van der Waals surface area contributed by atoms with Gasteiger partial charge in [0.2, 0.25) is 0 Å². The van der Waals surface area contributed by atoms with Gasteiger partial charge >= 0.3 is 6.03 Å². The molecular formula is C20H34N2O2. The van der Waals surface area contributed by atoms with E-state index in [0.717, 1.165) is 12.8 Å². The molecule has 1 aromatic rings. The molecule has 1 aromatic carbocycles. The number of carbonyl (C=O) groups is 1. The standard InChI is InChI=1S/C20H34N2O2/c1-16(2)12-13-22(20(24)21-14-17(3)4)15-19(23)11-10-18-8-6-5-7-9-18/h5-9,16-17,19,23H,10-15H2,1-4H3,(H,21,24)/t19-/m1/s1. The van der Waals surface area contributed by atoms with Crippen LogP contribution in [-0.4, -0.2) is 41.8 Å². The van der Waals surface area contributed by atoms with E-state index in [1.807, 2.05) is 18.2 Å². The average Bonchev–Trinajstić information content (AvgIpc) is 2.55. The van der Waals surface area contributed by atoms with Gasteiger partial charge in [-0.25, -0.2) is 4.79 Å². The molecule has 4 nitrogen and oxygen atoms in total. The van der Waals surface area contributed by atoms with Crippen LogP contribution in [0.5, 0.6) is 0 Å². The Morgan fingerprint density at radius 3 is 2.33 bits per heavy atom. The van der Waals surface area contributed by atoms with Crippen LogP contribution in [-0.2, 0) is 6.42 Å². The molecule has 2 amide bonds. The summed E-state index contributed by atoms with van der Waals surface area (Å²) in [5.41, 5.74) is 1.22. The zero-order chi connectivity index (χ0) is 17.9. The lowest BCUT2D eigenvalue weighted by atomic mass is 10.1. The summed E-state index contributed by atoms with van der Waals surface area (Å²) in [5, 5.41) is 13.3. The van der Waals surface area contributed by atoms with Crippen LogP contribution in [0.2, 0.25) is 0 Å². The number of hydrogen-bond acceptors (Lipinski definition) is 2. The van der Waals surface area contributed by atoms with Gasteiger partial charge in [-0.1, -0.05) is 58.0 Å². The number of aliphatic hydroxyl groups excluding tert-OH is 1. The third-order valence-corrected chi connectivity index (χ3v) is 3.97. The van der Waals surface area contributed by atoms with E-state index in [9.17, 15) is 9.90 Å². The molecule has 0 spiro atoms. The topological polar surface area (TPSA) is 52.6 Å². The van der Waals surface area contributed by atoms with Crippen LogP contribution in [0.3, 0.4) is 0 Å². The van der Waals surface area contributed by atoms with Gasteiger partial charge in [-0.2, -0.15) is 0 Å². The molecule has 0 saturated carbocycles. The van der Waals surface area contributed by atoms with E-state index in [1.54, 1.807) is 4.90 Å². The highest BCUT2D eigenvalue weighted by Crippen LogP contribution is 2.09. The van der Waals surface area contributed by atoms with Gasteiger partial charge < -0.3 is 15.3 Å². The number of benzene rings is 1. The first kappa shape index (κ1) is 20.5. The van der Waals surface area contributed by atoms with Crippen LogP contribution >= 0.6 is 0 Å². The second-order valence-electron chi connectivity index (χ2n) is 7.39. The lowest BCUT2D eigenvalue weighted by Crippen LogP contribution is -2.45. The molecule has 0 aliphatic carbocycles. The maximum absolute atomic E-state index is 12.4. The van der Waals surface area contributed by atoms with Gasteiger partial charge in [-0.15, -0.1) is 0 Å². The fourth-order valence-corrected chi connectivity index (χ4v) is 2.42. The monoisotopic (exact) mass is 334 g/mol. The summed E-state index contributed by atoms with van der Waals surface area (Å²) in [6, 6.07) is 10.1. The van der Waals surface area contributed by atoms with Gasteiger partial charge in [0.25, 0.3) is 0 Å². The Morgan fingerprint density at radius 1 is 1.08 bits per heavy atom. The van der Waals surface area contributed by atoms with Crippen molar-refractivity contribution in [1.29, 1.82) is 0 Å². The quantitative estimate of drug-likeness (QED) is 0.685. The summed E-state index contributed by atoms with van der Waals surface area (Å²) in [6.07, 6.45) is 1.94. The minimum Gasteiger partial charge on any atom is -0.391 e. The fourth-order valence-electron chi connectivity index (χ4n) is 2.42. The van der Waals surface area contributed by atoms with Crippen molar-refractivity contribution >= 4 is 6.03 Å². The fraction of sp³-hybridized carbons (Fsp3) is 0.650. The minimum atomic E-state index is -0.498. The lowest BCUT2D eigenvalue weighted by Gasteiger charge is -2.27. The van der Waals surface area contributed by atoms with Crippen molar-refractivity contribution in [2.75, 3.05) is 19.6 Å². The van der Waals surface area contributed by atoms with E-state index in [0.29, 0.717) is 37.9 Å². The van der Waals surface area contributed by atoms with Gasteiger partial charge in [0.1, 0.15) is 0 Å². The number of amides is 2. The Balaban J connectivity index is 2.50. The number of nitrogens with zero attached hydrogens (tertiary/aromatic N) is 1. The van der Waals surface area contributed by atoms with Gasteiger partial charge in [-0.05, 0) is 36.7 Å². The van der Waals surface area contributed by atoms with E-state index in [1.165, 1.54) is 5.56 Å². The molecule has 0 aliphatic heterocycles. The molecule has 24 heavy (non-hydrogen) atoms. The number of hydrogen-bond donors (Lipinski definition) is 2. The molecule has 4 heteroatoms. The molecule has 0 bridgehead atoms. The average molecular weight is 335 g/mol. The minimum absolute atomic E-state index is 0.0666. The van der Waals surface area contributed by atoms with Crippen molar-refractivity contribution in [3.8, 4) is 0 Å². The first-order valence-electron chi connectivity index (χ1n) is 9.13. The van der Waals surface area contributed by atoms with Crippen molar-refractivity contribution in [3.63, 3.8) is 0 Å². The van der Waals surface area contributed by atoms with E-state index in [-0.39, 0.29) is 6.03 Å². The van der Waals surface area contributed by atoms with Crippen LogP contribution in [0.15, 0.2) is 30.3 Å². The highest BCUT2D eigenvalue weighted by Gasteiger charge is 2.18. The van der Waals surface area contributed by atoms with Crippen LogP contribution < -0.4 is 5.32 Å². The molecule has 0 unspecified atom stereocenters. The second-order valence-corrected chi connectivity index (χ2v) is 7.39. The number of rotatable bonds is 10. The summed E-state index contributed by atoms with van der Waals surface area (Å²) in [6.45, 7) is 10.2. The number of nitrogens with one attached hydrogen (secondary N) is 1. The zero-order valence-corrected chi connectivity index (χ0v) is 15.7. The van der Waals surface area contributed by atoms with Gasteiger partial charge in [0, 0.05) is 19.6 Å². The highest BCUT2D eigenvalue weighted by atomic mass is 16.3. The largest absolute Gasteiger partial charge is 0.391 e. The molecule has 1 atom stereocenters. The van der Waals surface area contributed by atoms with E-state index in [4.69, 9.17) is 0 Å². The molecule has 0 fully saturated rings. The van der Waals surface area contributed by atoms with E-state index in [2.05, 4.69) is 45.1 Å². The van der Waals surface area contributed by atoms with Crippen molar-refractivity contribution < 1.29 is 9.90 Å². The Kier molecular flexibility index (Phi) is 9.46. The third-order valence-electron chi connectivity index (χ3n) is 3.97. The second kappa shape index (κ2) is 11.1. The molecular weight excluding hydrogens is 300 g/mol. The van der Waals surface area contributed by atoms with Crippen LogP contribution in [0.1, 0.15) is 46.1 Å². The third kappa shape index (κ3) is 8.92. The van der Waals surface area contributed by atoms with Gasteiger partial charge in [0.15, 0.2) is 0 Å². The van der Waals surface area contributed by atoms with Crippen molar-refractivity contribution in [3.05, 3.63) is 35.9 Å². The Labute approximate surface area is 147 Å². The maximum atomic E-state index is 12.4.